The first-order valence-corrected chi connectivity index (χ1v) is 11.9. The number of sulfonamides is 1. The topological polar surface area (TPSA) is 73.8 Å². The molecule has 1 saturated heterocycles. The molecule has 8 heteroatoms. The minimum Gasteiger partial charge on any atom is -0.357 e. The molecule has 3 rings (SSSR count). The molecular formula is C20H28N4O2S2. The van der Waals surface area contributed by atoms with Crippen LogP contribution >= 0.6 is 11.3 Å². The SMILES string of the molecule is CCNC(=NCc1ccc(S(=O)(=O)N2CCCC2)cc1)NCc1ccc(C)s1. The fraction of sp³-hybridized carbons (Fsp3) is 0.450. The lowest BCUT2D eigenvalue weighted by Gasteiger charge is -2.15. The second-order valence-electron chi connectivity index (χ2n) is 6.82. The third-order valence-corrected chi connectivity index (χ3v) is 7.53. The maximum atomic E-state index is 12.6. The number of benzene rings is 1. The van der Waals surface area contributed by atoms with Crippen molar-refractivity contribution in [1.29, 1.82) is 0 Å². The fourth-order valence-corrected chi connectivity index (χ4v) is 5.45. The molecule has 1 aromatic heterocycles. The van der Waals surface area contributed by atoms with Crippen LogP contribution in [0.5, 0.6) is 0 Å². The Balaban J connectivity index is 1.62. The van der Waals surface area contributed by atoms with Gasteiger partial charge in [-0.05, 0) is 56.5 Å². The van der Waals surface area contributed by atoms with E-state index in [0.29, 0.717) is 24.5 Å². The molecule has 2 heterocycles. The van der Waals surface area contributed by atoms with Crippen molar-refractivity contribution in [2.45, 2.75) is 44.7 Å². The van der Waals surface area contributed by atoms with E-state index in [4.69, 9.17) is 0 Å². The minimum absolute atomic E-state index is 0.361. The van der Waals surface area contributed by atoms with Crippen LogP contribution < -0.4 is 10.6 Å². The zero-order valence-corrected chi connectivity index (χ0v) is 18.1. The summed E-state index contributed by atoms with van der Waals surface area (Å²) in [5, 5.41) is 6.58. The van der Waals surface area contributed by atoms with E-state index in [1.54, 1.807) is 27.8 Å². The number of guanidine groups is 1. The molecule has 1 aliphatic heterocycles. The molecular weight excluding hydrogens is 392 g/mol. The van der Waals surface area contributed by atoms with Gasteiger partial charge in [0, 0.05) is 29.4 Å². The van der Waals surface area contributed by atoms with Gasteiger partial charge in [-0.25, -0.2) is 13.4 Å². The second-order valence-corrected chi connectivity index (χ2v) is 10.1. The molecule has 0 unspecified atom stereocenters. The molecule has 2 N–H and O–H groups in total. The molecule has 2 aromatic rings. The van der Waals surface area contributed by atoms with Gasteiger partial charge in [-0.1, -0.05) is 12.1 Å². The first kappa shape index (κ1) is 20.8. The number of hydrogen-bond donors (Lipinski definition) is 2. The van der Waals surface area contributed by atoms with Gasteiger partial charge >= 0.3 is 0 Å². The number of aliphatic imine (C=N–C) groups is 1. The largest absolute Gasteiger partial charge is 0.357 e. The average molecular weight is 421 g/mol. The van der Waals surface area contributed by atoms with Crippen molar-refractivity contribution < 1.29 is 8.42 Å². The summed E-state index contributed by atoms with van der Waals surface area (Å²) in [5.41, 5.74) is 0.976. The Labute approximate surface area is 171 Å². The Morgan fingerprint density at radius 1 is 1.11 bits per heavy atom. The van der Waals surface area contributed by atoms with Crippen molar-refractivity contribution in [3.05, 3.63) is 51.7 Å². The van der Waals surface area contributed by atoms with Gasteiger partial charge in [0.05, 0.1) is 18.0 Å². The van der Waals surface area contributed by atoms with Crippen LogP contribution in [0.1, 0.15) is 35.1 Å². The van der Waals surface area contributed by atoms with Crippen molar-refractivity contribution in [2.75, 3.05) is 19.6 Å². The van der Waals surface area contributed by atoms with E-state index in [9.17, 15) is 8.42 Å². The lowest BCUT2D eigenvalue weighted by atomic mass is 10.2. The van der Waals surface area contributed by atoms with Crippen LogP contribution in [0.15, 0.2) is 46.3 Å². The van der Waals surface area contributed by atoms with Crippen molar-refractivity contribution >= 4 is 27.3 Å². The summed E-state index contributed by atoms with van der Waals surface area (Å²) < 4.78 is 26.8. The number of rotatable bonds is 7. The highest BCUT2D eigenvalue weighted by Crippen LogP contribution is 2.21. The van der Waals surface area contributed by atoms with Crippen LogP contribution in [0.2, 0.25) is 0 Å². The normalized spacial score (nSPS) is 15.7. The Morgan fingerprint density at radius 2 is 1.82 bits per heavy atom. The van der Waals surface area contributed by atoms with Crippen LogP contribution in [0.25, 0.3) is 0 Å². The van der Waals surface area contributed by atoms with Crippen LogP contribution in [0.3, 0.4) is 0 Å². The van der Waals surface area contributed by atoms with Crippen molar-refractivity contribution in [1.82, 2.24) is 14.9 Å². The third kappa shape index (κ3) is 5.33. The lowest BCUT2D eigenvalue weighted by molar-refractivity contribution is 0.477. The first-order chi connectivity index (χ1) is 13.5. The lowest BCUT2D eigenvalue weighted by Crippen LogP contribution is -2.36. The van der Waals surface area contributed by atoms with Gasteiger partial charge in [0.1, 0.15) is 0 Å². The highest BCUT2D eigenvalue weighted by Gasteiger charge is 2.26. The van der Waals surface area contributed by atoms with Gasteiger partial charge in [0.25, 0.3) is 0 Å². The zero-order chi connectivity index (χ0) is 20.0. The summed E-state index contributed by atoms with van der Waals surface area (Å²) in [5.74, 6) is 0.752. The van der Waals surface area contributed by atoms with Crippen molar-refractivity contribution in [3.63, 3.8) is 0 Å². The summed E-state index contributed by atoms with van der Waals surface area (Å²) in [6.07, 6.45) is 1.88. The molecule has 1 aromatic carbocycles. The summed E-state index contributed by atoms with van der Waals surface area (Å²) in [7, 11) is -3.36. The highest BCUT2D eigenvalue weighted by atomic mass is 32.2. The molecule has 28 heavy (non-hydrogen) atoms. The molecule has 0 aliphatic carbocycles. The van der Waals surface area contributed by atoms with E-state index < -0.39 is 10.0 Å². The molecule has 0 spiro atoms. The summed E-state index contributed by atoms with van der Waals surface area (Å²) >= 11 is 1.77. The number of aryl methyl sites for hydroxylation is 1. The van der Waals surface area contributed by atoms with E-state index in [0.717, 1.165) is 37.5 Å². The Morgan fingerprint density at radius 3 is 2.43 bits per heavy atom. The number of nitrogens with one attached hydrogen (secondary N) is 2. The van der Waals surface area contributed by atoms with Gasteiger partial charge in [0.2, 0.25) is 10.0 Å². The van der Waals surface area contributed by atoms with E-state index in [1.165, 1.54) is 9.75 Å². The summed E-state index contributed by atoms with van der Waals surface area (Å²) in [4.78, 5) is 7.53. The Bertz CT molecular complexity index is 899. The Kier molecular flexibility index (Phi) is 7.09. The fourth-order valence-electron chi connectivity index (χ4n) is 3.11. The predicted molar refractivity (Wildman–Crippen MR) is 115 cm³/mol. The van der Waals surface area contributed by atoms with E-state index in [1.807, 2.05) is 19.1 Å². The molecule has 0 bridgehead atoms. The predicted octanol–water partition coefficient (Wildman–Crippen LogP) is 3.10. The quantitative estimate of drug-likeness (QED) is 0.533. The molecule has 152 valence electrons. The number of hydrogen-bond acceptors (Lipinski definition) is 4. The first-order valence-electron chi connectivity index (χ1n) is 9.65. The molecule has 0 atom stereocenters. The zero-order valence-electron chi connectivity index (χ0n) is 16.4. The van der Waals surface area contributed by atoms with Crippen LogP contribution in [-0.2, 0) is 23.1 Å². The second kappa shape index (κ2) is 9.54. The van der Waals surface area contributed by atoms with Crippen LogP contribution in [0.4, 0.5) is 0 Å². The van der Waals surface area contributed by atoms with Gasteiger partial charge in [-0.15, -0.1) is 11.3 Å². The smallest absolute Gasteiger partial charge is 0.243 e. The summed E-state index contributed by atoms with van der Waals surface area (Å²) in [6, 6.07) is 11.3. The van der Waals surface area contributed by atoms with Gasteiger partial charge < -0.3 is 10.6 Å². The van der Waals surface area contributed by atoms with E-state index in [2.05, 4.69) is 34.7 Å². The summed E-state index contributed by atoms with van der Waals surface area (Å²) in [6.45, 7) is 7.37. The minimum atomic E-state index is -3.36. The van der Waals surface area contributed by atoms with E-state index >= 15 is 0 Å². The van der Waals surface area contributed by atoms with Gasteiger partial charge in [-0.2, -0.15) is 4.31 Å². The third-order valence-electron chi connectivity index (χ3n) is 4.62. The van der Waals surface area contributed by atoms with Gasteiger partial charge in [-0.3, -0.25) is 0 Å². The maximum Gasteiger partial charge on any atom is 0.243 e. The average Bonchev–Trinajstić information content (AvgIpc) is 3.36. The van der Waals surface area contributed by atoms with Crippen LogP contribution in [0, 0.1) is 6.92 Å². The number of nitrogens with zero attached hydrogens (tertiary/aromatic N) is 2. The molecule has 0 amide bonds. The molecule has 0 saturated carbocycles. The Hall–Kier alpha value is -1.90. The standard InChI is InChI=1S/C20H28N4O2S2/c1-3-21-20(23-15-18-9-6-16(2)27-18)22-14-17-7-10-19(11-8-17)28(25,26)24-12-4-5-13-24/h6-11H,3-5,12-15H2,1-2H3,(H2,21,22,23). The van der Waals surface area contributed by atoms with Crippen molar-refractivity contribution in [3.8, 4) is 0 Å². The van der Waals surface area contributed by atoms with Crippen molar-refractivity contribution in [2.24, 2.45) is 4.99 Å². The molecule has 6 nitrogen and oxygen atoms in total. The highest BCUT2D eigenvalue weighted by molar-refractivity contribution is 7.89. The molecule has 1 fully saturated rings. The molecule has 0 radical (unpaired) electrons. The maximum absolute atomic E-state index is 12.6. The van der Waals surface area contributed by atoms with Gasteiger partial charge in [0.15, 0.2) is 5.96 Å². The monoisotopic (exact) mass is 420 g/mol. The number of thiophene rings is 1. The molecule has 1 aliphatic rings. The van der Waals surface area contributed by atoms with Crippen LogP contribution in [-0.4, -0.2) is 38.3 Å². The van der Waals surface area contributed by atoms with E-state index in [-0.39, 0.29) is 0 Å².